The lowest BCUT2D eigenvalue weighted by Crippen LogP contribution is -2.50. The van der Waals surface area contributed by atoms with Gasteiger partial charge in [-0.3, -0.25) is 14.4 Å². The third-order valence-corrected chi connectivity index (χ3v) is 4.16. The summed E-state index contributed by atoms with van der Waals surface area (Å²) in [5, 5.41) is 6.73. The van der Waals surface area contributed by atoms with E-state index in [0.717, 1.165) is 11.8 Å². The van der Waals surface area contributed by atoms with Gasteiger partial charge in [0.05, 0.1) is 11.3 Å². The zero-order valence-electron chi connectivity index (χ0n) is 13.0. The SMILES string of the molecule is Cn1nccc1CN1CCNC(=O)[C@@H]1c1ccccc1C(F)(F)F. The van der Waals surface area contributed by atoms with Crippen molar-refractivity contribution in [3.05, 3.63) is 53.3 Å². The van der Waals surface area contributed by atoms with Crippen molar-refractivity contribution in [2.24, 2.45) is 7.05 Å². The molecule has 0 unspecified atom stereocenters. The number of hydrogen-bond acceptors (Lipinski definition) is 3. The molecule has 1 fully saturated rings. The zero-order chi connectivity index (χ0) is 17.3. The van der Waals surface area contributed by atoms with Crippen LogP contribution in [0.3, 0.4) is 0 Å². The summed E-state index contributed by atoms with van der Waals surface area (Å²) in [6, 6.07) is 6.05. The third-order valence-electron chi connectivity index (χ3n) is 4.16. The van der Waals surface area contributed by atoms with E-state index in [-0.39, 0.29) is 5.56 Å². The average molecular weight is 338 g/mol. The Morgan fingerprint density at radius 2 is 2.04 bits per heavy atom. The summed E-state index contributed by atoms with van der Waals surface area (Å²) >= 11 is 0. The number of aromatic nitrogens is 2. The van der Waals surface area contributed by atoms with Gasteiger partial charge in [-0.15, -0.1) is 0 Å². The van der Waals surface area contributed by atoms with Crippen LogP contribution in [0.25, 0.3) is 0 Å². The van der Waals surface area contributed by atoms with E-state index in [9.17, 15) is 18.0 Å². The molecule has 0 aliphatic carbocycles. The minimum Gasteiger partial charge on any atom is -0.353 e. The molecule has 1 aliphatic heterocycles. The number of piperazine rings is 1. The van der Waals surface area contributed by atoms with E-state index in [1.165, 1.54) is 18.2 Å². The normalized spacial score (nSPS) is 19.3. The Kier molecular flexibility index (Phi) is 4.31. The predicted molar refractivity (Wildman–Crippen MR) is 80.8 cm³/mol. The summed E-state index contributed by atoms with van der Waals surface area (Å²) in [7, 11) is 1.76. The maximum Gasteiger partial charge on any atom is 0.416 e. The molecule has 1 aromatic heterocycles. The quantitative estimate of drug-likeness (QED) is 0.933. The predicted octanol–water partition coefficient (Wildman–Crippen LogP) is 2.11. The number of hydrogen-bond donors (Lipinski definition) is 1. The highest BCUT2D eigenvalue weighted by atomic mass is 19.4. The molecule has 0 bridgehead atoms. The lowest BCUT2D eigenvalue weighted by atomic mass is 9.96. The van der Waals surface area contributed by atoms with Gasteiger partial charge in [0.1, 0.15) is 6.04 Å². The van der Waals surface area contributed by atoms with Gasteiger partial charge < -0.3 is 5.32 Å². The molecule has 5 nitrogen and oxygen atoms in total. The number of nitrogens with zero attached hydrogens (tertiary/aromatic N) is 3. The summed E-state index contributed by atoms with van der Waals surface area (Å²) in [6.45, 7) is 1.22. The molecular formula is C16H17F3N4O. The summed E-state index contributed by atoms with van der Waals surface area (Å²) in [5.41, 5.74) is 0.0330. The van der Waals surface area contributed by atoms with Crippen molar-refractivity contribution in [3.63, 3.8) is 0 Å². The summed E-state index contributed by atoms with van der Waals surface area (Å²) in [6.07, 6.45) is -2.88. The first kappa shape index (κ1) is 16.5. The van der Waals surface area contributed by atoms with E-state index >= 15 is 0 Å². The number of amides is 1. The lowest BCUT2D eigenvalue weighted by molar-refractivity contribution is -0.140. The highest BCUT2D eigenvalue weighted by molar-refractivity contribution is 5.84. The first-order chi connectivity index (χ1) is 11.4. The number of benzene rings is 1. The van der Waals surface area contributed by atoms with Crippen LogP contribution in [0.4, 0.5) is 13.2 Å². The van der Waals surface area contributed by atoms with Crippen molar-refractivity contribution in [1.82, 2.24) is 20.0 Å². The smallest absolute Gasteiger partial charge is 0.353 e. The van der Waals surface area contributed by atoms with Gasteiger partial charge in [-0.2, -0.15) is 18.3 Å². The maximum absolute atomic E-state index is 13.3. The fourth-order valence-electron chi connectivity index (χ4n) is 2.98. The van der Waals surface area contributed by atoms with E-state index in [1.54, 1.807) is 28.9 Å². The molecule has 24 heavy (non-hydrogen) atoms. The van der Waals surface area contributed by atoms with E-state index < -0.39 is 23.7 Å². The van der Waals surface area contributed by atoms with Crippen molar-refractivity contribution >= 4 is 5.91 Å². The Morgan fingerprint density at radius 3 is 2.71 bits per heavy atom. The molecule has 3 rings (SSSR count). The molecule has 1 amide bonds. The minimum absolute atomic E-state index is 0.0237. The molecule has 1 atom stereocenters. The van der Waals surface area contributed by atoms with Gasteiger partial charge in [-0.05, 0) is 17.7 Å². The second-order valence-electron chi connectivity index (χ2n) is 5.70. The van der Waals surface area contributed by atoms with E-state index in [2.05, 4.69) is 10.4 Å². The van der Waals surface area contributed by atoms with Crippen molar-refractivity contribution in [2.45, 2.75) is 18.8 Å². The fourth-order valence-corrected chi connectivity index (χ4v) is 2.98. The Bertz CT molecular complexity index is 741. The summed E-state index contributed by atoms with van der Waals surface area (Å²) in [5.74, 6) is -0.417. The fraction of sp³-hybridized carbons (Fsp3) is 0.375. The second kappa shape index (κ2) is 6.27. The molecule has 8 heteroatoms. The average Bonchev–Trinajstić information content (AvgIpc) is 2.92. The summed E-state index contributed by atoms with van der Waals surface area (Å²) < 4.78 is 41.7. The molecule has 2 heterocycles. The molecule has 0 radical (unpaired) electrons. The highest BCUT2D eigenvalue weighted by Gasteiger charge is 2.40. The number of carbonyl (C=O) groups is 1. The van der Waals surface area contributed by atoms with Gasteiger partial charge in [-0.25, -0.2) is 0 Å². The number of halogens is 3. The first-order valence-corrected chi connectivity index (χ1v) is 7.52. The van der Waals surface area contributed by atoms with Crippen LogP contribution in [-0.2, 0) is 24.6 Å². The number of nitrogens with one attached hydrogen (secondary N) is 1. The maximum atomic E-state index is 13.3. The Hall–Kier alpha value is -2.35. The van der Waals surface area contributed by atoms with E-state index in [0.29, 0.717) is 19.6 Å². The van der Waals surface area contributed by atoms with Crippen LogP contribution in [0.5, 0.6) is 0 Å². The Labute approximate surface area is 137 Å². The van der Waals surface area contributed by atoms with E-state index in [1.807, 2.05) is 0 Å². The Morgan fingerprint density at radius 1 is 1.29 bits per heavy atom. The third kappa shape index (κ3) is 3.14. The van der Waals surface area contributed by atoms with Gasteiger partial charge in [-0.1, -0.05) is 18.2 Å². The Balaban J connectivity index is 1.99. The van der Waals surface area contributed by atoms with Gasteiger partial charge >= 0.3 is 6.18 Å². The topological polar surface area (TPSA) is 50.2 Å². The number of aryl methyl sites for hydroxylation is 1. The van der Waals surface area contributed by atoms with Crippen LogP contribution in [-0.4, -0.2) is 33.7 Å². The number of alkyl halides is 3. The number of carbonyl (C=O) groups excluding carboxylic acids is 1. The monoisotopic (exact) mass is 338 g/mol. The van der Waals surface area contributed by atoms with Crippen LogP contribution < -0.4 is 5.32 Å². The lowest BCUT2D eigenvalue weighted by Gasteiger charge is -2.36. The molecule has 1 aliphatic rings. The highest BCUT2D eigenvalue weighted by Crippen LogP contribution is 2.37. The van der Waals surface area contributed by atoms with Crippen LogP contribution in [0, 0.1) is 0 Å². The molecule has 2 aromatic rings. The second-order valence-corrected chi connectivity index (χ2v) is 5.70. The van der Waals surface area contributed by atoms with Gasteiger partial charge in [0.2, 0.25) is 5.91 Å². The van der Waals surface area contributed by atoms with Crippen LogP contribution in [0.2, 0.25) is 0 Å². The van der Waals surface area contributed by atoms with Crippen LogP contribution >= 0.6 is 0 Å². The van der Waals surface area contributed by atoms with Crippen molar-refractivity contribution in [3.8, 4) is 0 Å². The molecule has 128 valence electrons. The van der Waals surface area contributed by atoms with Gasteiger partial charge in [0.25, 0.3) is 0 Å². The van der Waals surface area contributed by atoms with Crippen molar-refractivity contribution in [2.75, 3.05) is 13.1 Å². The van der Waals surface area contributed by atoms with Crippen LogP contribution in [0.1, 0.15) is 22.9 Å². The van der Waals surface area contributed by atoms with Crippen molar-refractivity contribution < 1.29 is 18.0 Å². The number of rotatable bonds is 3. The first-order valence-electron chi connectivity index (χ1n) is 7.52. The molecule has 1 N–H and O–H groups in total. The molecular weight excluding hydrogens is 321 g/mol. The standard InChI is InChI=1S/C16H17F3N4O/c1-22-11(6-7-21-22)10-23-9-8-20-15(24)14(23)12-4-2-3-5-13(12)16(17,18)19/h2-7,14H,8-10H2,1H3,(H,20,24)/t14-/m0/s1. The summed E-state index contributed by atoms with van der Waals surface area (Å²) in [4.78, 5) is 14.1. The van der Waals surface area contributed by atoms with E-state index in [4.69, 9.17) is 0 Å². The molecule has 1 saturated heterocycles. The van der Waals surface area contributed by atoms with Crippen molar-refractivity contribution in [1.29, 1.82) is 0 Å². The molecule has 0 spiro atoms. The molecule has 1 aromatic carbocycles. The largest absolute Gasteiger partial charge is 0.416 e. The molecule has 0 saturated carbocycles. The van der Waals surface area contributed by atoms with Gasteiger partial charge in [0.15, 0.2) is 0 Å². The van der Waals surface area contributed by atoms with Crippen LogP contribution in [0.15, 0.2) is 36.5 Å². The van der Waals surface area contributed by atoms with Gasteiger partial charge in [0, 0.05) is 32.9 Å². The minimum atomic E-state index is -4.51. The zero-order valence-corrected chi connectivity index (χ0v) is 13.0.